The van der Waals surface area contributed by atoms with Crippen molar-refractivity contribution in [2.75, 3.05) is 18.8 Å². The summed E-state index contributed by atoms with van der Waals surface area (Å²) >= 11 is 13.7. The van der Waals surface area contributed by atoms with Crippen molar-refractivity contribution >= 4 is 73.8 Å². The number of amides is 4. The number of hydrogen-bond acceptors (Lipinski definition) is 7. The summed E-state index contributed by atoms with van der Waals surface area (Å²) in [5.74, 6) is -0.377. The number of anilines is 1. The normalized spacial score (nSPS) is 18.2. The third-order valence-electron chi connectivity index (χ3n) is 8.49. The highest BCUT2D eigenvalue weighted by Crippen LogP contribution is 2.33. The molecule has 4 aromatic rings. The summed E-state index contributed by atoms with van der Waals surface area (Å²) in [6, 6.07) is 17.4. The van der Waals surface area contributed by atoms with Crippen LogP contribution in [0.15, 0.2) is 67.2 Å². The van der Waals surface area contributed by atoms with Gasteiger partial charge >= 0.3 is 6.03 Å². The lowest BCUT2D eigenvalue weighted by Crippen LogP contribution is -2.66. The molecule has 6 rings (SSSR count). The molecule has 3 aromatic carbocycles. The summed E-state index contributed by atoms with van der Waals surface area (Å²) in [5, 5.41) is 7.60. The van der Waals surface area contributed by atoms with Gasteiger partial charge in [0.05, 0.1) is 33.4 Å². The van der Waals surface area contributed by atoms with Crippen LogP contribution in [0.2, 0.25) is 10.0 Å². The van der Waals surface area contributed by atoms with Gasteiger partial charge in [0.15, 0.2) is 5.13 Å². The van der Waals surface area contributed by atoms with Crippen LogP contribution >= 0.6 is 34.5 Å². The van der Waals surface area contributed by atoms with Gasteiger partial charge in [-0.25, -0.2) is 9.78 Å². The molecule has 0 radical (unpaired) electrons. The molecule has 13 heteroatoms. The van der Waals surface area contributed by atoms with Crippen molar-refractivity contribution in [3.05, 3.63) is 99.5 Å². The van der Waals surface area contributed by atoms with E-state index in [0.717, 1.165) is 32.5 Å². The zero-order chi connectivity index (χ0) is 33.4. The number of rotatable bonds is 9. The van der Waals surface area contributed by atoms with Gasteiger partial charge < -0.3 is 20.9 Å². The SMILES string of the molecule is C=Cc1ccc(C[C@H]2C(=O)N(Cc3cccc4sc(N)nc34)C[C@H]3N2C(=O)CN3N(C(=O)NCc2ccc(Cl)c(Cl)c2)C(C)C)cc1. The average Bonchev–Trinajstić information content (AvgIpc) is 3.58. The number of carbonyl (C=O) groups is 3. The Morgan fingerprint density at radius 1 is 1.13 bits per heavy atom. The number of fused-ring (bicyclic) bond motifs is 2. The molecule has 2 saturated heterocycles. The Bertz CT molecular complexity index is 1850. The molecule has 0 saturated carbocycles. The second-order valence-electron chi connectivity index (χ2n) is 11.9. The van der Waals surface area contributed by atoms with Crippen molar-refractivity contribution in [1.82, 2.24) is 30.1 Å². The minimum absolute atomic E-state index is 0.0474. The number of benzene rings is 3. The Labute approximate surface area is 287 Å². The highest BCUT2D eigenvalue weighted by molar-refractivity contribution is 7.22. The number of urea groups is 1. The van der Waals surface area contributed by atoms with Crippen LogP contribution in [-0.4, -0.2) is 74.0 Å². The topological polar surface area (TPSA) is 115 Å². The summed E-state index contributed by atoms with van der Waals surface area (Å²) in [4.78, 5) is 49.8. The van der Waals surface area contributed by atoms with Crippen molar-refractivity contribution in [2.24, 2.45) is 0 Å². The number of thiazole rings is 1. The molecule has 2 fully saturated rings. The quantitative estimate of drug-likeness (QED) is 0.230. The van der Waals surface area contributed by atoms with Crippen LogP contribution in [0.3, 0.4) is 0 Å². The first-order chi connectivity index (χ1) is 22.5. The van der Waals surface area contributed by atoms with E-state index in [2.05, 4.69) is 16.9 Å². The Morgan fingerprint density at radius 2 is 1.87 bits per heavy atom. The first-order valence-electron chi connectivity index (χ1n) is 15.3. The summed E-state index contributed by atoms with van der Waals surface area (Å²) < 4.78 is 0.937. The fraction of sp³-hybridized carbons (Fsp3) is 0.294. The first kappa shape index (κ1) is 32.8. The predicted octanol–water partition coefficient (Wildman–Crippen LogP) is 5.79. The summed E-state index contributed by atoms with van der Waals surface area (Å²) in [6.07, 6.45) is 1.51. The molecule has 2 aliphatic rings. The molecule has 10 nitrogen and oxygen atoms in total. The van der Waals surface area contributed by atoms with Crippen LogP contribution in [-0.2, 0) is 29.1 Å². The van der Waals surface area contributed by atoms with E-state index in [9.17, 15) is 14.4 Å². The molecular weight excluding hydrogens is 657 g/mol. The van der Waals surface area contributed by atoms with Crippen molar-refractivity contribution in [1.29, 1.82) is 0 Å². The monoisotopic (exact) mass is 691 g/mol. The number of para-hydroxylation sites is 1. The maximum atomic E-state index is 14.3. The van der Waals surface area contributed by atoms with E-state index in [0.29, 0.717) is 21.6 Å². The summed E-state index contributed by atoms with van der Waals surface area (Å²) in [5.41, 5.74) is 10.3. The molecule has 0 aliphatic carbocycles. The van der Waals surface area contributed by atoms with E-state index >= 15 is 0 Å². The number of hydrogen-bond donors (Lipinski definition) is 2. The van der Waals surface area contributed by atoms with E-state index in [1.54, 1.807) is 44.1 Å². The molecule has 4 amide bonds. The second-order valence-corrected chi connectivity index (χ2v) is 13.8. The molecule has 2 aliphatic heterocycles. The Hall–Kier alpha value is -4.16. The van der Waals surface area contributed by atoms with E-state index in [1.807, 2.05) is 56.3 Å². The number of hydrazine groups is 1. The number of nitrogens with two attached hydrogens (primary N) is 1. The van der Waals surface area contributed by atoms with Crippen molar-refractivity contribution in [3.8, 4) is 0 Å². The molecule has 3 N–H and O–H groups in total. The number of carbonyl (C=O) groups excluding carboxylic acids is 3. The van der Waals surface area contributed by atoms with Crippen LogP contribution in [0.4, 0.5) is 9.93 Å². The Kier molecular flexibility index (Phi) is 9.43. The molecule has 0 unspecified atom stereocenters. The minimum Gasteiger partial charge on any atom is -0.375 e. The third kappa shape index (κ3) is 6.66. The standard InChI is InChI=1S/C34H35Cl2N7O3S/c1-4-21-8-10-22(11-9-21)15-27-32(45)40(17-24-6-5-7-28-31(24)39-33(37)47-28)18-29-41(19-30(44)42(27)29)43(20(2)3)34(46)38-16-23-12-13-25(35)26(36)14-23/h4-14,20,27,29H,1,15-19H2,2-3H3,(H2,37,39)(H,38,46)/t27-,29+/m0/s1. The number of nitrogen functional groups attached to an aromatic ring is 1. The molecule has 47 heavy (non-hydrogen) atoms. The highest BCUT2D eigenvalue weighted by Gasteiger charge is 2.52. The van der Waals surface area contributed by atoms with Gasteiger partial charge in [-0.15, -0.1) is 0 Å². The number of nitrogens with zero attached hydrogens (tertiary/aromatic N) is 5. The van der Waals surface area contributed by atoms with Crippen molar-refractivity contribution < 1.29 is 14.4 Å². The molecule has 1 aromatic heterocycles. The fourth-order valence-corrected chi connectivity index (χ4v) is 7.39. The highest BCUT2D eigenvalue weighted by atomic mass is 35.5. The molecule has 0 bridgehead atoms. The zero-order valence-corrected chi connectivity index (χ0v) is 28.4. The fourth-order valence-electron chi connectivity index (χ4n) is 6.29. The molecular formula is C34H35Cl2N7O3S. The average molecular weight is 693 g/mol. The minimum atomic E-state index is -0.770. The summed E-state index contributed by atoms with van der Waals surface area (Å²) in [6.45, 7) is 8.26. The van der Waals surface area contributed by atoms with E-state index in [-0.39, 0.29) is 50.1 Å². The van der Waals surface area contributed by atoms with Gasteiger partial charge in [-0.1, -0.05) is 89.7 Å². The van der Waals surface area contributed by atoms with Crippen LogP contribution in [0, 0.1) is 0 Å². The largest absolute Gasteiger partial charge is 0.375 e. The maximum Gasteiger partial charge on any atom is 0.332 e. The lowest BCUT2D eigenvalue weighted by molar-refractivity contribution is -0.158. The molecule has 244 valence electrons. The zero-order valence-electron chi connectivity index (χ0n) is 26.0. The van der Waals surface area contributed by atoms with E-state index in [4.69, 9.17) is 28.9 Å². The van der Waals surface area contributed by atoms with Crippen LogP contribution in [0.5, 0.6) is 0 Å². The number of nitrogens with one attached hydrogen (secondary N) is 1. The van der Waals surface area contributed by atoms with Crippen molar-refractivity contribution in [3.63, 3.8) is 0 Å². The van der Waals surface area contributed by atoms with Crippen LogP contribution < -0.4 is 11.1 Å². The smallest absolute Gasteiger partial charge is 0.332 e. The lowest BCUT2D eigenvalue weighted by Gasteiger charge is -2.47. The van der Waals surface area contributed by atoms with Gasteiger partial charge in [0, 0.05) is 25.6 Å². The molecule has 0 spiro atoms. The second kappa shape index (κ2) is 13.5. The van der Waals surface area contributed by atoms with Crippen LogP contribution in [0.25, 0.3) is 16.3 Å². The summed E-state index contributed by atoms with van der Waals surface area (Å²) in [7, 11) is 0. The van der Waals surface area contributed by atoms with Gasteiger partial charge in [0.2, 0.25) is 11.8 Å². The predicted molar refractivity (Wildman–Crippen MR) is 186 cm³/mol. The van der Waals surface area contributed by atoms with Crippen LogP contribution in [0.1, 0.15) is 36.1 Å². The van der Waals surface area contributed by atoms with E-state index in [1.165, 1.54) is 11.3 Å². The Morgan fingerprint density at radius 3 is 2.57 bits per heavy atom. The van der Waals surface area contributed by atoms with Gasteiger partial charge in [-0.05, 0) is 54.3 Å². The lowest BCUT2D eigenvalue weighted by atomic mass is 9.99. The number of aromatic nitrogens is 1. The van der Waals surface area contributed by atoms with Gasteiger partial charge in [0.1, 0.15) is 12.2 Å². The third-order valence-corrected chi connectivity index (χ3v) is 10.1. The Balaban J connectivity index is 1.31. The van der Waals surface area contributed by atoms with Gasteiger partial charge in [-0.2, -0.15) is 5.01 Å². The van der Waals surface area contributed by atoms with Gasteiger partial charge in [-0.3, -0.25) is 14.6 Å². The van der Waals surface area contributed by atoms with Gasteiger partial charge in [0.25, 0.3) is 0 Å². The maximum absolute atomic E-state index is 14.3. The van der Waals surface area contributed by atoms with Crippen molar-refractivity contribution in [2.45, 2.75) is 51.6 Å². The van der Waals surface area contributed by atoms with E-state index < -0.39 is 12.2 Å². The molecule has 3 heterocycles. The number of piperazine rings is 1. The first-order valence-corrected chi connectivity index (χ1v) is 16.8. The number of halogens is 2. The molecule has 2 atom stereocenters.